The lowest BCUT2D eigenvalue weighted by molar-refractivity contribution is -0.147. The number of sulfonamides is 1. The van der Waals surface area contributed by atoms with Crippen molar-refractivity contribution in [1.29, 1.82) is 0 Å². The van der Waals surface area contributed by atoms with Crippen molar-refractivity contribution in [3.05, 3.63) is 53.6 Å². The molecule has 0 aromatic heterocycles. The standard InChI is InChI=1S/C23H25FN2O7S/c24-15-33-22(28)8-3-16-1-5-20(6-2-16)34(30,31)25-11-9-18(10-12-25)26-21-7-4-19(27)13-17(21)14-32-23(26)29/h1-2,4-7,13,18,27H,3,8-12,14-15H2. The van der Waals surface area contributed by atoms with Crippen LogP contribution in [0.1, 0.15) is 30.4 Å². The van der Waals surface area contributed by atoms with E-state index in [1.165, 1.54) is 22.5 Å². The van der Waals surface area contributed by atoms with Gasteiger partial charge in [-0.3, -0.25) is 9.69 Å². The number of benzene rings is 2. The van der Waals surface area contributed by atoms with Gasteiger partial charge < -0.3 is 14.6 Å². The van der Waals surface area contributed by atoms with Crippen LogP contribution in [0.2, 0.25) is 0 Å². The first-order valence-corrected chi connectivity index (χ1v) is 12.3. The topological polar surface area (TPSA) is 113 Å². The monoisotopic (exact) mass is 492 g/mol. The van der Waals surface area contributed by atoms with Crippen LogP contribution in [0.3, 0.4) is 0 Å². The molecule has 9 nitrogen and oxygen atoms in total. The van der Waals surface area contributed by atoms with Crippen LogP contribution in [0, 0.1) is 0 Å². The van der Waals surface area contributed by atoms with Gasteiger partial charge in [0.15, 0.2) is 0 Å². The molecule has 1 fully saturated rings. The quantitative estimate of drug-likeness (QED) is 0.591. The normalized spacial score (nSPS) is 17.2. The van der Waals surface area contributed by atoms with Gasteiger partial charge in [0.25, 0.3) is 0 Å². The Labute approximate surface area is 196 Å². The minimum Gasteiger partial charge on any atom is -0.508 e. The van der Waals surface area contributed by atoms with Crippen molar-refractivity contribution < 1.29 is 37.0 Å². The average molecular weight is 493 g/mol. The fourth-order valence-corrected chi connectivity index (χ4v) is 5.74. The third-order valence-electron chi connectivity index (χ3n) is 6.05. The largest absolute Gasteiger partial charge is 0.508 e. The molecule has 0 radical (unpaired) electrons. The van der Waals surface area contributed by atoms with E-state index < -0.39 is 28.9 Å². The number of carbonyl (C=O) groups is 2. The summed E-state index contributed by atoms with van der Waals surface area (Å²) in [6.45, 7) is -0.608. The van der Waals surface area contributed by atoms with Gasteiger partial charge in [0, 0.05) is 31.1 Å². The van der Waals surface area contributed by atoms with E-state index in [9.17, 15) is 27.5 Å². The Balaban J connectivity index is 1.40. The van der Waals surface area contributed by atoms with Crippen LogP contribution in [0.5, 0.6) is 5.75 Å². The lowest BCUT2D eigenvalue weighted by Gasteiger charge is -2.39. The number of nitrogens with zero attached hydrogens (tertiary/aromatic N) is 2. The highest BCUT2D eigenvalue weighted by Crippen LogP contribution is 2.34. The molecule has 2 aromatic rings. The number of aromatic hydroxyl groups is 1. The fourth-order valence-electron chi connectivity index (χ4n) is 4.27. The Hall–Kier alpha value is -3.18. The Morgan fingerprint density at radius 2 is 1.85 bits per heavy atom. The van der Waals surface area contributed by atoms with Gasteiger partial charge in [0.1, 0.15) is 12.4 Å². The Morgan fingerprint density at radius 3 is 2.53 bits per heavy atom. The molecule has 0 bridgehead atoms. The Kier molecular flexibility index (Phi) is 7.03. The van der Waals surface area contributed by atoms with Crippen LogP contribution in [0.15, 0.2) is 47.4 Å². The first-order valence-electron chi connectivity index (χ1n) is 10.9. The lowest BCUT2D eigenvalue weighted by Crippen LogP contribution is -2.50. The van der Waals surface area contributed by atoms with Gasteiger partial charge in [0.2, 0.25) is 16.9 Å². The van der Waals surface area contributed by atoms with E-state index in [0.29, 0.717) is 30.5 Å². The molecular weight excluding hydrogens is 467 g/mol. The predicted molar refractivity (Wildman–Crippen MR) is 119 cm³/mol. The number of carbonyl (C=O) groups excluding carboxylic acids is 2. The van der Waals surface area contributed by atoms with E-state index in [1.54, 1.807) is 29.2 Å². The smallest absolute Gasteiger partial charge is 0.414 e. The van der Waals surface area contributed by atoms with Crippen LogP contribution in [0.4, 0.5) is 14.9 Å². The summed E-state index contributed by atoms with van der Waals surface area (Å²) in [4.78, 5) is 25.4. The van der Waals surface area contributed by atoms with Crippen LogP contribution in [-0.2, 0) is 37.3 Å². The molecule has 4 rings (SSSR count). The van der Waals surface area contributed by atoms with Crippen LogP contribution in [0.25, 0.3) is 0 Å². The van der Waals surface area contributed by atoms with Crippen molar-refractivity contribution in [2.24, 2.45) is 0 Å². The number of aryl methyl sites for hydroxylation is 1. The number of anilines is 1. The maximum absolute atomic E-state index is 13.1. The van der Waals surface area contributed by atoms with Gasteiger partial charge in [-0.15, -0.1) is 0 Å². The molecule has 11 heteroatoms. The van der Waals surface area contributed by atoms with E-state index in [0.717, 1.165) is 5.56 Å². The molecule has 0 aliphatic carbocycles. The Bertz CT molecular complexity index is 1160. The van der Waals surface area contributed by atoms with Crippen LogP contribution in [-0.4, -0.2) is 55.9 Å². The highest BCUT2D eigenvalue weighted by Gasteiger charge is 2.37. The summed E-state index contributed by atoms with van der Waals surface area (Å²) >= 11 is 0. The molecule has 2 aromatic carbocycles. The zero-order valence-corrected chi connectivity index (χ0v) is 19.2. The third-order valence-corrected chi connectivity index (χ3v) is 7.97. The number of piperidine rings is 1. The number of ether oxygens (including phenoxy) is 2. The number of amides is 1. The molecule has 1 amide bonds. The number of hydrogen-bond acceptors (Lipinski definition) is 7. The minimum absolute atomic E-state index is 0.00517. The molecule has 1 saturated heterocycles. The molecule has 2 aliphatic rings. The molecule has 2 heterocycles. The van der Waals surface area contributed by atoms with Crippen molar-refractivity contribution in [2.75, 3.05) is 24.9 Å². The molecular formula is C23H25FN2O7S. The highest BCUT2D eigenvalue weighted by atomic mass is 32.2. The number of rotatable bonds is 7. The third kappa shape index (κ3) is 5.00. The van der Waals surface area contributed by atoms with E-state index >= 15 is 0 Å². The zero-order chi connectivity index (χ0) is 24.3. The number of hydrogen-bond donors (Lipinski definition) is 1. The molecule has 182 valence electrons. The fraction of sp³-hybridized carbons (Fsp3) is 0.391. The highest BCUT2D eigenvalue weighted by molar-refractivity contribution is 7.89. The van der Waals surface area contributed by atoms with E-state index in [2.05, 4.69) is 4.74 Å². The maximum Gasteiger partial charge on any atom is 0.414 e. The van der Waals surface area contributed by atoms with Crippen LogP contribution < -0.4 is 4.90 Å². The second-order valence-corrected chi connectivity index (χ2v) is 10.1. The van der Waals surface area contributed by atoms with Crippen molar-refractivity contribution in [3.63, 3.8) is 0 Å². The average Bonchev–Trinajstić information content (AvgIpc) is 2.83. The number of phenolic OH excluding ortho intramolecular Hbond substituents is 1. The summed E-state index contributed by atoms with van der Waals surface area (Å²) in [5.74, 6) is -0.567. The van der Waals surface area contributed by atoms with E-state index in [1.807, 2.05) is 0 Å². The zero-order valence-electron chi connectivity index (χ0n) is 18.4. The summed E-state index contributed by atoms with van der Waals surface area (Å²) in [5.41, 5.74) is 2.11. The van der Waals surface area contributed by atoms with Crippen molar-refractivity contribution in [2.45, 2.75) is 43.2 Å². The molecule has 0 atom stereocenters. The number of halogens is 1. The number of phenols is 1. The van der Waals surface area contributed by atoms with Gasteiger partial charge in [0.05, 0.1) is 10.6 Å². The van der Waals surface area contributed by atoms with Gasteiger partial charge in [-0.1, -0.05) is 12.1 Å². The van der Waals surface area contributed by atoms with Crippen LogP contribution >= 0.6 is 0 Å². The first-order chi connectivity index (χ1) is 16.3. The van der Waals surface area contributed by atoms with E-state index in [-0.39, 0.29) is 42.8 Å². The number of cyclic esters (lactones) is 1. The van der Waals surface area contributed by atoms with Crippen molar-refractivity contribution in [1.82, 2.24) is 4.31 Å². The molecule has 34 heavy (non-hydrogen) atoms. The first kappa shape index (κ1) is 24.0. The molecule has 0 spiro atoms. The molecule has 2 aliphatic heterocycles. The lowest BCUT2D eigenvalue weighted by atomic mass is 10.0. The molecule has 0 unspecified atom stereocenters. The summed E-state index contributed by atoms with van der Waals surface area (Å²) in [5, 5.41) is 9.71. The minimum atomic E-state index is -3.73. The van der Waals surface area contributed by atoms with Crippen molar-refractivity contribution in [3.8, 4) is 5.75 Å². The number of fused-ring (bicyclic) bond motifs is 1. The second-order valence-electron chi connectivity index (χ2n) is 8.14. The molecule has 0 saturated carbocycles. The number of alkyl halides is 1. The predicted octanol–water partition coefficient (Wildman–Crippen LogP) is 3.10. The Morgan fingerprint density at radius 1 is 1.15 bits per heavy atom. The summed E-state index contributed by atoms with van der Waals surface area (Å²) < 4.78 is 49.1. The maximum atomic E-state index is 13.1. The van der Waals surface area contributed by atoms with Crippen molar-refractivity contribution >= 4 is 27.8 Å². The summed E-state index contributed by atoms with van der Waals surface area (Å²) in [6.07, 6.45) is 0.707. The number of esters is 1. The van der Waals surface area contributed by atoms with Gasteiger partial charge >= 0.3 is 12.1 Å². The summed E-state index contributed by atoms with van der Waals surface area (Å²) in [7, 11) is -3.73. The molecule has 1 N–H and O–H groups in total. The SMILES string of the molecule is O=C(CCc1ccc(S(=O)(=O)N2CCC(N3C(=O)OCc4cc(O)ccc43)CC2)cc1)OCF. The summed E-state index contributed by atoms with van der Waals surface area (Å²) in [6, 6.07) is 10.7. The van der Waals surface area contributed by atoms with Gasteiger partial charge in [-0.2, -0.15) is 4.31 Å². The van der Waals surface area contributed by atoms with E-state index in [4.69, 9.17) is 4.74 Å². The van der Waals surface area contributed by atoms with Gasteiger partial charge in [-0.05, 0) is 55.2 Å². The second kappa shape index (κ2) is 9.98. The van der Waals surface area contributed by atoms with Gasteiger partial charge in [-0.25, -0.2) is 17.6 Å².